The number of likely N-dealkylation sites (tertiary alicyclic amines) is 1. The molecule has 0 spiro atoms. The molecule has 1 aliphatic heterocycles. The summed E-state index contributed by atoms with van der Waals surface area (Å²) >= 11 is 0. The monoisotopic (exact) mass is 253 g/mol. The maximum absolute atomic E-state index is 3.86. The van der Waals surface area contributed by atoms with Crippen LogP contribution in [0.3, 0.4) is 0 Å². The molecule has 18 heavy (non-hydrogen) atoms. The van der Waals surface area contributed by atoms with E-state index in [2.05, 4.69) is 36.3 Å². The Bertz CT molecular complexity index is 246. The van der Waals surface area contributed by atoms with Gasteiger partial charge in [0.1, 0.15) is 0 Å². The van der Waals surface area contributed by atoms with Crippen molar-refractivity contribution in [1.82, 2.24) is 15.1 Å². The van der Waals surface area contributed by atoms with E-state index in [9.17, 15) is 0 Å². The Labute approximate surface area is 113 Å². The molecule has 0 bridgehead atoms. The second-order valence-corrected chi connectivity index (χ2v) is 6.66. The fraction of sp³-hybridized carbons (Fsp3) is 1.00. The van der Waals surface area contributed by atoms with Gasteiger partial charge in [0.25, 0.3) is 0 Å². The van der Waals surface area contributed by atoms with E-state index in [0.717, 1.165) is 0 Å². The highest BCUT2D eigenvalue weighted by Gasteiger charge is 2.34. The number of nitrogens with zero attached hydrogens (tertiary/aromatic N) is 2. The minimum Gasteiger partial charge on any atom is -0.311 e. The van der Waals surface area contributed by atoms with E-state index in [-0.39, 0.29) is 0 Å². The van der Waals surface area contributed by atoms with Gasteiger partial charge in [-0.2, -0.15) is 0 Å². The van der Waals surface area contributed by atoms with Crippen molar-refractivity contribution in [3.8, 4) is 0 Å². The summed E-state index contributed by atoms with van der Waals surface area (Å²) < 4.78 is 0. The van der Waals surface area contributed by atoms with E-state index >= 15 is 0 Å². The summed E-state index contributed by atoms with van der Waals surface area (Å²) in [5, 5.41) is 3.86. The molecule has 2 fully saturated rings. The van der Waals surface area contributed by atoms with Crippen LogP contribution in [0.15, 0.2) is 0 Å². The summed E-state index contributed by atoms with van der Waals surface area (Å²) in [5.74, 6) is 0. The molecule has 0 amide bonds. The van der Waals surface area contributed by atoms with Crippen LogP contribution in [-0.2, 0) is 0 Å². The molecule has 1 saturated heterocycles. The first-order chi connectivity index (χ1) is 8.62. The van der Waals surface area contributed by atoms with Gasteiger partial charge in [0.2, 0.25) is 0 Å². The van der Waals surface area contributed by atoms with Crippen molar-refractivity contribution in [2.75, 3.05) is 40.8 Å². The first-order valence-corrected chi connectivity index (χ1v) is 7.72. The average molecular weight is 253 g/mol. The Morgan fingerprint density at radius 1 is 1.17 bits per heavy atom. The lowest BCUT2D eigenvalue weighted by atomic mass is 9.80. The standard InChI is InChI=1S/C15H31N3/c1-17(2)15(9-5-4-6-10-15)13-16-14-8-7-11-18(3)12-14/h14,16H,4-13H2,1-3H3. The fourth-order valence-corrected chi connectivity index (χ4v) is 3.66. The van der Waals surface area contributed by atoms with E-state index in [1.165, 1.54) is 64.6 Å². The molecule has 106 valence electrons. The smallest absolute Gasteiger partial charge is 0.0328 e. The Kier molecular flexibility index (Phi) is 5.05. The molecule has 1 atom stereocenters. The lowest BCUT2D eigenvalue weighted by Crippen LogP contribution is -2.56. The molecule has 1 unspecified atom stereocenters. The molecule has 0 aromatic rings. The third-order valence-corrected chi connectivity index (χ3v) is 5.08. The SMILES string of the molecule is CN1CCCC(NCC2(N(C)C)CCCCC2)C1. The van der Waals surface area contributed by atoms with E-state index < -0.39 is 0 Å². The van der Waals surface area contributed by atoms with E-state index in [1.807, 2.05) is 0 Å². The molecule has 1 aliphatic carbocycles. The van der Waals surface area contributed by atoms with Gasteiger partial charge in [0.15, 0.2) is 0 Å². The quantitative estimate of drug-likeness (QED) is 0.826. The van der Waals surface area contributed by atoms with Crippen molar-refractivity contribution < 1.29 is 0 Å². The van der Waals surface area contributed by atoms with Crippen molar-refractivity contribution >= 4 is 0 Å². The van der Waals surface area contributed by atoms with Gasteiger partial charge < -0.3 is 15.1 Å². The Hall–Kier alpha value is -0.120. The highest BCUT2D eigenvalue weighted by atomic mass is 15.2. The number of nitrogens with one attached hydrogen (secondary N) is 1. The third kappa shape index (κ3) is 3.46. The van der Waals surface area contributed by atoms with Crippen LogP contribution in [0.1, 0.15) is 44.9 Å². The normalized spacial score (nSPS) is 29.7. The van der Waals surface area contributed by atoms with Crippen molar-refractivity contribution in [3.63, 3.8) is 0 Å². The number of rotatable bonds is 4. The third-order valence-electron chi connectivity index (χ3n) is 5.08. The van der Waals surface area contributed by atoms with E-state index in [1.54, 1.807) is 0 Å². The predicted molar refractivity (Wildman–Crippen MR) is 78.0 cm³/mol. The minimum absolute atomic E-state index is 0.425. The Balaban J connectivity index is 1.85. The summed E-state index contributed by atoms with van der Waals surface area (Å²) in [7, 11) is 6.77. The van der Waals surface area contributed by atoms with Gasteiger partial charge in [-0.25, -0.2) is 0 Å². The number of hydrogen-bond donors (Lipinski definition) is 1. The maximum atomic E-state index is 3.86. The van der Waals surface area contributed by atoms with Gasteiger partial charge in [-0.05, 0) is 53.4 Å². The van der Waals surface area contributed by atoms with Gasteiger partial charge in [-0.15, -0.1) is 0 Å². The molecule has 1 N–H and O–H groups in total. The van der Waals surface area contributed by atoms with E-state index in [0.29, 0.717) is 11.6 Å². The predicted octanol–water partition coefficient (Wildman–Crippen LogP) is 1.93. The summed E-state index contributed by atoms with van der Waals surface area (Å²) in [5.41, 5.74) is 0.425. The summed E-state index contributed by atoms with van der Waals surface area (Å²) in [4.78, 5) is 4.94. The average Bonchev–Trinajstić information content (AvgIpc) is 2.37. The zero-order valence-corrected chi connectivity index (χ0v) is 12.5. The van der Waals surface area contributed by atoms with Crippen LogP contribution in [0.4, 0.5) is 0 Å². The molecule has 0 radical (unpaired) electrons. The first-order valence-electron chi connectivity index (χ1n) is 7.72. The maximum Gasteiger partial charge on any atom is 0.0328 e. The lowest BCUT2D eigenvalue weighted by molar-refractivity contribution is 0.0897. The summed E-state index contributed by atoms with van der Waals surface area (Å²) in [6, 6.07) is 0.711. The highest BCUT2D eigenvalue weighted by Crippen LogP contribution is 2.31. The van der Waals surface area contributed by atoms with Gasteiger partial charge in [0, 0.05) is 24.7 Å². The van der Waals surface area contributed by atoms with Crippen LogP contribution in [-0.4, -0.2) is 62.2 Å². The van der Waals surface area contributed by atoms with Crippen molar-refractivity contribution in [2.24, 2.45) is 0 Å². The van der Waals surface area contributed by atoms with Crippen LogP contribution in [0.5, 0.6) is 0 Å². The summed E-state index contributed by atoms with van der Waals surface area (Å²) in [6.07, 6.45) is 9.69. The van der Waals surface area contributed by atoms with Crippen molar-refractivity contribution in [3.05, 3.63) is 0 Å². The molecule has 1 heterocycles. The van der Waals surface area contributed by atoms with Crippen molar-refractivity contribution in [2.45, 2.75) is 56.5 Å². The van der Waals surface area contributed by atoms with Gasteiger partial charge in [-0.1, -0.05) is 19.3 Å². The number of hydrogen-bond acceptors (Lipinski definition) is 3. The van der Waals surface area contributed by atoms with Gasteiger partial charge in [0.05, 0.1) is 0 Å². The second kappa shape index (κ2) is 6.36. The van der Waals surface area contributed by atoms with Crippen LogP contribution < -0.4 is 5.32 Å². The molecule has 1 saturated carbocycles. The molecule has 3 nitrogen and oxygen atoms in total. The molecular formula is C15H31N3. The fourth-order valence-electron chi connectivity index (χ4n) is 3.66. The highest BCUT2D eigenvalue weighted by molar-refractivity contribution is 4.94. The zero-order chi connectivity index (χ0) is 13.0. The molecule has 0 aromatic carbocycles. The number of likely N-dealkylation sites (N-methyl/N-ethyl adjacent to an activating group) is 2. The van der Waals surface area contributed by atoms with Crippen LogP contribution >= 0.6 is 0 Å². The molecular weight excluding hydrogens is 222 g/mol. The Morgan fingerprint density at radius 2 is 1.89 bits per heavy atom. The molecule has 0 aromatic heterocycles. The number of piperidine rings is 1. The Morgan fingerprint density at radius 3 is 2.50 bits per heavy atom. The molecule has 2 aliphatic rings. The van der Waals surface area contributed by atoms with Gasteiger partial charge >= 0.3 is 0 Å². The zero-order valence-electron chi connectivity index (χ0n) is 12.5. The van der Waals surface area contributed by atoms with Crippen LogP contribution in [0.25, 0.3) is 0 Å². The topological polar surface area (TPSA) is 18.5 Å². The summed E-state index contributed by atoms with van der Waals surface area (Å²) in [6.45, 7) is 3.68. The molecule has 2 rings (SSSR count). The largest absolute Gasteiger partial charge is 0.311 e. The van der Waals surface area contributed by atoms with Crippen LogP contribution in [0, 0.1) is 0 Å². The van der Waals surface area contributed by atoms with E-state index in [4.69, 9.17) is 0 Å². The van der Waals surface area contributed by atoms with Crippen LogP contribution in [0.2, 0.25) is 0 Å². The first kappa shape index (κ1) is 14.3. The van der Waals surface area contributed by atoms with Crippen molar-refractivity contribution in [1.29, 1.82) is 0 Å². The minimum atomic E-state index is 0.425. The second-order valence-electron chi connectivity index (χ2n) is 6.66. The lowest BCUT2D eigenvalue weighted by Gasteiger charge is -2.44. The van der Waals surface area contributed by atoms with Gasteiger partial charge in [-0.3, -0.25) is 0 Å². The molecule has 3 heteroatoms.